The Labute approximate surface area is 190 Å². The molecule has 0 radical (unpaired) electrons. The van der Waals surface area contributed by atoms with Crippen LogP contribution < -0.4 is 4.90 Å². The van der Waals surface area contributed by atoms with Gasteiger partial charge in [0.1, 0.15) is 0 Å². The van der Waals surface area contributed by atoms with E-state index in [0.29, 0.717) is 11.7 Å². The molecular formula is C22H18F3N5O2S. The zero-order valence-electron chi connectivity index (χ0n) is 17.2. The van der Waals surface area contributed by atoms with E-state index < -0.39 is 17.6 Å². The molecule has 5 rings (SSSR count). The van der Waals surface area contributed by atoms with Crippen molar-refractivity contribution in [2.45, 2.75) is 25.1 Å². The van der Waals surface area contributed by atoms with Gasteiger partial charge in [-0.3, -0.25) is 9.69 Å². The fourth-order valence-corrected chi connectivity index (χ4v) is 4.72. The third kappa shape index (κ3) is 4.33. The summed E-state index contributed by atoms with van der Waals surface area (Å²) in [4.78, 5) is 19.5. The van der Waals surface area contributed by atoms with E-state index >= 15 is 0 Å². The number of carbonyl (C=O) groups excluding carboxylic acids is 1. The molecule has 1 atom stereocenters. The second-order valence-electron chi connectivity index (χ2n) is 7.58. The van der Waals surface area contributed by atoms with Crippen LogP contribution in [0.1, 0.15) is 28.9 Å². The van der Waals surface area contributed by atoms with Crippen LogP contribution in [0.4, 0.5) is 18.3 Å². The average molecular weight is 473 g/mol. The first-order chi connectivity index (χ1) is 15.9. The van der Waals surface area contributed by atoms with Crippen molar-refractivity contribution in [2.75, 3.05) is 18.1 Å². The molecule has 0 saturated carbocycles. The van der Waals surface area contributed by atoms with Crippen LogP contribution in [0.2, 0.25) is 0 Å². The smallest absolute Gasteiger partial charge is 0.376 e. The van der Waals surface area contributed by atoms with Crippen LogP contribution in [0.5, 0.6) is 0 Å². The number of hydrogen-bond donors (Lipinski definition) is 0. The minimum atomic E-state index is -4.57. The first-order valence-corrected chi connectivity index (χ1v) is 11.1. The molecule has 1 amide bonds. The Morgan fingerprint density at radius 1 is 1.18 bits per heavy atom. The molecular weight excluding hydrogens is 455 g/mol. The predicted octanol–water partition coefficient (Wildman–Crippen LogP) is 4.72. The summed E-state index contributed by atoms with van der Waals surface area (Å²) in [6.07, 6.45) is -1.80. The molecule has 3 heterocycles. The van der Waals surface area contributed by atoms with Gasteiger partial charge in [-0.1, -0.05) is 40.8 Å². The number of hydrogen-bond acceptors (Lipinski definition) is 6. The number of amides is 1. The normalized spacial score (nSPS) is 16.4. The Balaban J connectivity index is 1.50. The lowest BCUT2D eigenvalue weighted by atomic mass is 10.1. The van der Waals surface area contributed by atoms with Crippen molar-refractivity contribution in [3.05, 3.63) is 66.0 Å². The van der Waals surface area contributed by atoms with Crippen LogP contribution in [0.25, 0.3) is 15.9 Å². The largest absolute Gasteiger partial charge is 0.418 e. The fourth-order valence-electron chi connectivity index (χ4n) is 3.75. The molecule has 1 aliphatic rings. The summed E-state index contributed by atoms with van der Waals surface area (Å²) in [5.41, 5.74) is -0.395. The predicted molar refractivity (Wildman–Crippen MR) is 117 cm³/mol. The van der Waals surface area contributed by atoms with Crippen molar-refractivity contribution < 1.29 is 22.7 Å². The number of para-hydroxylation sites is 2. The first-order valence-electron chi connectivity index (χ1n) is 10.3. The van der Waals surface area contributed by atoms with Crippen LogP contribution in [0.15, 0.2) is 54.7 Å². The van der Waals surface area contributed by atoms with Gasteiger partial charge in [-0.05, 0) is 37.1 Å². The fraction of sp³-hybridized carbons (Fsp3) is 0.273. The van der Waals surface area contributed by atoms with Crippen LogP contribution in [-0.2, 0) is 10.9 Å². The molecule has 2 aromatic carbocycles. The number of nitrogens with zero attached hydrogens (tertiary/aromatic N) is 5. The summed E-state index contributed by atoms with van der Waals surface area (Å²) in [5, 5.41) is 8.16. The Morgan fingerprint density at radius 2 is 1.97 bits per heavy atom. The molecule has 11 heteroatoms. The molecule has 0 aliphatic carbocycles. The maximum absolute atomic E-state index is 13.4. The molecule has 7 nitrogen and oxygen atoms in total. The first kappa shape index (κ1) is 21.5. The molecule has 0 spiro atoms. The van der Waals surface area contributed by atoms with E-state index in [1.54, 1.807) is 0 Å². The minimum Gasteiger partial charge on any atom is -0.376 e. The second kappa shape index (κ2) is 8.56. The Bertz CT molecular complexity index is 1260. The van der Waals surface area contributed by atoms with Gasteiger partial charge < -0.3 is 4.74 Å². The van der Waals surface area contributed by atoms with Crippen molar-refractivity contribution in [3.63, 3.8) is 0 Å². The molecule has 1 aliphatic heterocycles. The van der Waals surface area contributed by atoms with Gasteiger partial charge in [0.2, 0.25) is 0 Å². The molecule has 170 valence electrons. The third-order valence-electron chi connectivity index (χ3n) is 5.34. The number of carbonyl (C=O) groups is 1. The van der Waals surface area contributed by atoms with Gasteiger partial charge in [0.05, 0.1) is 40.3 Å². The number of ether oxygens (including phenoxy) is 1. The summed E-state index contributed by atoms with van der Waals surface area (Å²) in [5.74, 6) is -0.500. The maximum Gasteiger partial charge on any atom is 0.418 e. The third-order valence-corrected chi connectivity index (χ3v) is 6.40. The molecule has 4 aromatic rings. The second-order valence-corrected chi connectivity index (χ2v) is 8.59. The number of alkyl halides is 3. The van der Waals surface area contributed by atoms with Gasteiger partial charge in [0, 0.05) is 6.61 Å². The molecule has 0 N–H and O–H groups in total. The maximum atomic E-state index is 13.4. The highest BCUT2D eigenvalue weighted by Crippen LogP contribution is 2.34. The van der Waals surface area contributed by atoms with Gasteiger partial charge in [0.25, 0.3) is 5.91 Å². The highest BCUT2D eigenvalue weighted by molar-refractivity contribution is 7.22. The van der Waals surface area contributed by atoms with Crippen molar-refractivity contribution in [1.82, 2.24) is 20.0 Å². The number of anilines is 1. The van der Waals surface area contributed by atoms with E-state index in [0.717, 1.165) is 33.8 Å². The lowest BCUT2D eigenvalue weighted by Crippen LogP contribution is -2.37. The van der Waals surface area contributed by atoms with E-state index in [1.165, 1.54) is 40.6 Å². The van der Waals surface area contributed by atoms with E-state index in [9.17, 15) is 18.0 Å². The Morgan fingerprint density at radius 3 is 2.73 bits per heavy atom. The monoisotopic (exact) mass is 473 g/mol. The molecule has 0 bridgehead atoms. The number of aromatic nitrogens is 4. The molecule has 33 heavy (non-hydrogen) atoms. The molecule has 2 aromatic heterocycles. The number of halogens is 3. The summed E-state index contributed by atoms with van der Waals surface area (Å²) in [6.45, 7) is 0.890. The zero-order chi connectivity index (χ0) is 23.0. The van der Waals surface area contributed by atoms with Gasteiger partial charge in [-0.15, -0.1) is 5.10 Å². The standard InChI is InChI=1S/C22H18F3N5O2S/c23-22(24,25)15-7-1-3-9-18(15)30-13-17(27-28-30)20(31)29(12-14-6-5-11-32-14)21-26-16-8-2-4-10-19(16)33-21/h1-4,7-10,13-14H,5-6,11-12H2. The van der Waals surface area contributed by atoms with Crippen LogP contribution in [0, 0.1) is 0 Å². The molecule has 1 saturated heterocycles. The zero-order valence-corrected chi connectivity index (χ0v) is 18.0. The van der Waals surface area contributed by atoms with Gasteiger partial charge in [0.15, 0.2) is 10.8 Å². The van der Waals surface area contributed by atoms with Gasteiger partial charge >= 0.3 is 6.18 Å². The number of fused-ring (bicyclic) bond motifs is 1. The quantitative estimate of drug-likeness (QED) is 0.419. The highest BCUT2D eigenvalue weighted by atomic mass is 32.1. The van der Waals surface area contributed by atoms with E-state index in [1.807, 2.05) is 24.3 Å². The van der Waals surface area contributed by atoms with E-state index in [4.69, 9.17) is 4.74 Å². The van der Waals surface area contributed by atoms with Crippen molar-refractivity contribution in [3.8, 4) is 5.69 Å². The van der Waals surface area contributed by atoms with E-state index in [2.05, 4.69) is 15.3 Å². The van der Waals surface area contributed by atoms with Crippen LogP contribution >= 0.6 is 11.3 Å². The SMILES string of the molecule is O=C(c1cn(-c2ccccc2C(F)(F)F)nn1)N(CC1CCCO1)c1nc2ccccc2s1. The van der Waals surface area contributed by atoms with Crippen LogP contribution in [-0.4, -0.2) is 45.1 Å². The Kier molecular flexibility index (Phi) is 5.59. The van der Waals surface area contributed by atoms with Crippen molar-refractivity contribution >= 4 is 32.6 Å². The summed E-state index contributed by atoms with van der Waals surface area (Å²) >= 11 is 1.36. The highest BCUT2D eigenvalue weighted by Gasteiger charge is 2.34. The van der Waals surface area contributed by atoms with Crippen molar-refractivity contribution in [1.29, 1.82) is 0 Å². The number of rotatable bonds is 5. The van der Waals surface area contributed by atoms with Gasteiger partial charge in [-0.2, -0.15) is 13.2 Å². The van der Waals surface area contributed by atoms with E-state index in [-0.39, 0.29) is 24.0 Å². The number of benzene rings is 2. The summed E-state index contributed by atoms with van der Waals surface area (Å²) in [6, 6.07) is 12.5. The van der Waals surface area contributed by atoms with Crippen molar-refractivity contribution in [2.24, 2.45) is 0 Å². The Hall–Kier alpha value is -3.31. The lowest BCUT2D eigenvalue weighted by molar-refractivity contribution is -0.137. The lowest BCUT2D eigenvalue weighted by Gasteiger charge is -2.22. The molecule has 1 fully saturated rings. The minimum absolute atomic E-state index is 0.0794. The summed E-state index contributed by atoms with van der Waals surface area (Å²) in [7, 11) is 0. The molecule has 1 unspecified atom stereocenters. The van der Waals surface area contributed by atoms with Gasteiger partial charge in [-0.25, -0.2) is 9.67 Å². The summed E-state index contributed by atoms with van der Waals surface area (Å²) < 4.78 is 47.9. The topological polar surface area (TPSA) is 73.1 Å². The van der Waals surface area contributed by atoms with Crippen LogP contribution in [0.3, 0.4) is 0 Å². The average Bonchev–Trinajstić information content (AvgIpc) is 3.57. The number of thiazole rings is 1.